The summed E-state index contributed by atoms with van der Waals surface area (Å²) >= 11 is 0. The van der Waals surface area contributed by atoms with Gasteiger partial charge in [-0.3, -0.25) is 4.68 Å². The number of aromatic nitrogens is 4. The van der Waals surface area contributed by atoms with Crippen LogP contribution in [0.15, 0.2) is 24.5 Å². The fourth-order valence-electron chi connectivity index (χ4n) is 5.18. The van der Waals surface area contributed by atoms with Gasteiger partial charge < -0.3 is 14.8 Å². The van der Waals surface area contributed by atoms with Gasteiger partial charge in [0.05, 0.1) is 22.8 Å². The second kappa shape index (κ2) is 10.2. The Morgan fingerprint density at radius 1 is 1.11 bits per heavy atom. The number of fused-ring (bicyclic) bond motifs is 1. The molecule has 0 aromatic carbocycles. The maximum atomic E-state index is 14.4. The van der Waals surface area contributed by atoms with Gasteiger partial charge in [0.15, 0.2) is 5.82 Å². The fraction of sp³-hybridized carbons (Fsp3) is 0.560. The van der Waals surface area contributed by atoms with E-state index in [0.29, 0.717) is 50.9 Å². The van der Waals surface area contributed by atoms with E-state index in [-0.39, 0.29) is 6.04 Å². The average Bonchev–Trinajstić information content (AvgIpc) is 3.25. The van der Waals surface area contributed by atoms with Crippen LogP contribution in [0, 0.1) is 5.82 Å². The van der Waals surface area contributed by atoms with E-state index >= 15 is 0 Å². The number of halogens is 4. The summed E-state index contributed by atoms with van der Waals surface area (Å²) in [6.07, 6.45) is 1.95. The van der Waals surface area contributed by atoms with Crippen LogP contribution >= 0.6 is 0 Å². The van der Waals surface area contributed by atoms with Crippen LogP contribution in [0.25, 0.3) is 10.9 Å². The van der Waals surface area contributed by atoms with Crippen LogP contribution in [-0.4, -0.2) is 45.6 Å². The molecule has 0 unspecified atom stereocenters. The molecule has 0 spiro atoms. The van der Waals surface area contributed by atoms with Crippen molar-refractivity contribution >= 4 is 16.7 Å². The summed E-state index contributed by atoms with van der Waals surface area (Å²) in [5.74, 6) is -0.965. The molecule has 0 atom stereocenters. The van der Waals surface area contributed by atoms with Crippen LogP contribution in [0.3, 0.4) is 0 Å². The second-order valence-corrected chi connectivity index (χ2v) is 9.36. The van der Waals surface area contributed by atoms with E-state index in [9.17, 15) is 17.6 Å². The Hall–Kier alpha value is -2.95. The number of nitrogens with zero attached hydrogens (tertiary/aromatic N) is 4. The molecule has 1 aliphatic carbocycles. The minimum atomic E-state index is -4.80. The Morgan fingerprint density at radius 2 is 1.86 bits per heavy atom. The number of alkyl halides is 3. The SMILES string of the molecule is CCNc1cc2c(cn1)c(C1CCOCC1)nn2[C@H]1CC[C@@H](Oc2nccc(C(F)(F)F)c2F)CC1. The highest BCUT2D eigenvalue weighted by Crippen LogP contribution is 2.39. The number of rotatable bonds is 6. The number of ether oxygens (including phenoxy) is 2. The first-order chi connectivity index (χ1) is 17.3. The van der Waals surface area contributed by atoms with Crippen molar-refractivity contribution < 1.29 is 27.0 Å². The van der Waals surface area contributed by atoms with Crippen molar-refractivity contribution in [2.75, 3.05) is 25.1 Å². The molecule has 2 aliphatic rings. The molecular formula is C25H29F4N5O2. The summed E-state index contributed by atoms with van der Waals surface area (Å²) in [6.45, 7) is 4.19. The largest absolute Gasteiger partial charge is 0.472 e. The van der Waals surface area contributed by atoms with E-state index in [1.54, 1.807) is 0 Å². The van der Waals surface area contributed by atoms with Crippen molar-refractivity contribution in [3.05, 3.63) is 41.6 Å². The average molecular weight is 508 g/mol. The van der Waals surface area contributed by atoms with Crippen molar-refractivity contribution in [2.24, 2.45) is 0 Å². The van der Waals surface area contributed by atoms with Crippen LogP contribution in [0.4, 0.5) is 23.4 Å². The molecule has 194 valence electrons. The summed E-state index contributed by atoms with van der Waals surface area (Å²) in [6, 6.07) is 2.74. The molecule has 1 saturated carbocycles. The van der Waals surface area contributed by atoms with E-state index < -0.39 is 29.5 Å². The van der Waals surface area contributed by atoms with E-state index in [1.165, 1.54) is 0 Å². The van der Waals surface area contributed by atoms with Gasteiger partial charge in [0.25, 0.3) is 5.88 Å². The van der Waals surface area contributed by atoms with Crippen molar-refractivity contribution in [1.82, 2.24) is 19.7 Å². The van der Waals surface area contributed by atoms with Crippen LogP contribution < -0.4 is 10.1 Å². The smallest absolute Gasteiger partial charge is 0.419 e. The minimum Gasteiger partial charge on any atom is -0.472 e. The van der Waals surface area contributed by atoms with Gasteiger partial charge in [0, 0.05) is 49.5 Å². The first-order valence-corrected chi connectivity index (χ1v) is 12.4. The number of nitrogens with one attached hydrogen (secondary N) is 1. The summed E-state index contributed by atoms with van der Waals surface area (Å²) in [7, 11) is 0. The maximum absolute atomic E-state index is 14.4. The van der Waals surface area contributed by atoms with Crippen molar-refractivity contribution in [3.8, 4) is 5.88 Å². The van der Waals surface area contributed by atoms with Gasteiger partial charge in [-0.25, -0.2) is 14.4 Å². The van der Waals surface area contributed by atoms with Gasteiger partial charge in [0.1, 0.15) is 11.9 Å². The Labute approximate surface area is 206 Å². The molecule has 1 N–H and O–H groups in total. The lowest BCUT2D eigenvalue weighted by Gasteiger charge is -2.29. The molecular weight excluding hydrogens is 478 g/mol. The molecule has 5 rings (SSSR count). The third-order valence-corrected chi connectivity index (χ3v) is 7.02. The van der Waals surface area contributed by atoms with E-state index in [1.807, 2.05) is 19.2 Å². The number of pyridine rings is 2. The lowest BCUT2D eigenvalue weighted by atomic mass is 9.93. The zero-order chi connectivity index (χ0) is 25.3. The summed E-state index contributed by atoms with van der Waals surface area (Å²) < 4.78 is 66.7. The molecule has 4 heterocycles. The quantitative estimate of drug-likeness (QED) is 0.421. The van der Waals surface area contributed by atoms with Crippen molar-refractivity contribution in [2.45, 2.75) is 69.7 Å². The Bertz CT molecular complexity index is 1200. The highest BCUT2D eigenvalue weighted by Gasteiger charge is 2.36. The zero-order valence-corrected chi connectivity index (χ0v) is 20.0. The number of hydrogen-bond donors (Lipinski definition) is 1. The molecule has 0 bridgehead atoms. The van der Waals surface area contributed by atoms with Crippen LogP contribution in [0.2, 0.25) is 0 Å². The predicted octanol–water partition coefficient (Wildman–Crippen LogP) is 5.87. The van der Waals surface area contributed by atoms with Gasteiger partial charge in [-0.1, -0.05) is 0 Å². The van der Waals surface area contributed by atoms with E-state index in [4.69, 9.17) is 14.6 Å². The molecule has 3 aromatic rings. The standard InChI is InChI=1S/C25H29F4N5O2/c1-2-30-21-13-20-18(14-32-21)23(15-8-11-35-12-9-15)33-34(20)16-3-5-17(6-4-16)36-24-22(26)19(7-10-31-24)25(27,28)29/h7,10,13-17H,2-6,8-9,11-12H2,1H3,(H,30,32)/t16-,17+. The van der Waals surface area contributed by atoms with Gasteiger partial charge in [0.2, 0.25) is 0 Å². The normalized spacial score (nSPS) is 21.6. The molecule has 2 fully saturated rings. The molecule has 7 nitrogen and oxygen atoms in total. The van der Waals surface area contributed by atoms with Crippen LogP contribution in [0.5, 0.6) is 5.88 Å². The van der Waals surface area contributed by atoms with Gasteiger partial charge in [-0.2, -0.15) is 18.3 Å². The van der Waals surface area contributed by atoms with E-state index in [0.717, 1.165) is 48.0 Å². The molecule has 1 saturated heterocycles. The Morgan fingerprint density at radius 3 is 2.56 bits per heavy atom. The topological polar surface area (TPSA) is 74.1 Å². The highest BCUT2D eigenvalue weighted by molar-refractivity contribution is 5.84. The second-order valence-electron chi connectivity index (χ2n) is 9.36. The first kappa shape index (κ1) is 24.7. The maximum Gasteiger partial charge on any atom is 0.419 e. The molecule has 11 heteroatoms. The molecule has 1 aliphatic heterocycles. The van der Waals surface area contributed by atoms with Crippen LogP contribution in [-0.2, 0) is 10.9 Å². The Kier molecular flexibility index (Phi) is 7.00. The zero-order valence-electron chi connectivity index (χ0n) is 20.0. The minimum absolute atomic E-state index is 0.0946. The number of hydrogen-bond acceptors (Lipinski definition) is 6. The van der Waals surface area contributed by atoms with E-state index in [2.05, 4.69) is 20.0 Å². The molecule has 0 amide bonds. The summed E-state index contributed by atoms with van der Waals surface area (Å²) in [4.78, 5) is 8.27. The van der Waals surface area contributed by atoms with Gasteiger partial charge >= 0.3 is 6.18 Å². The molecule has 36 heavy (non-hydrogen) atoms. The first-order valence-electron chi connectivity index (χ1n) is 12.4. The lowest BCUT2D eigenvalue weighted by Crippen LogP contribution is -2.27. The fourth-order valence-corrected chi connectivity index (χ4v) is 5.18. The van der Waals surface area contributed by atoms with Crippen LogP contribution in [0.1, 0.15) is 68.7 Å². The van der Waals surface area contributed by atoms with Crippen molar-refractivity contribution in [1.29, 1.82) is 0 Å². The lowest BCUT2D eigenvalue weighted by molar-refractivity contribution is -0.140. The third kappa shape index (κ3) is 4.98. The van der Waals surface area contributed by atoms with Crippen molar-refractivity contribution in [3.63, 3.8) is 0 Å². The third-order valence-electron chi connectivity index (χ3n) is 7.02. The number of anilines is 1. The van der Waals surface area contributed by atoms with Gasteiger partial charge in [-0.05, 0) is 51.5 Å². The summed E-state index contributed by atoms with van der Waals surface area (Å²) in [5.41, 5.74) is 0.685. The predicted molar refractivity (Wildman–Crippen MR) is 126 cm³/mol. The summed E-state index contributed by atoms with van der Waals surface area (Å²) in [5, 5.41) is 9.35. The highest BCUT2D eigenvalue weighted by atomic mass is 19.4. The molecule has 0 radical (unpaired) electrons. The molecule has 3 aromatic heterocycles. The monoisotopic (exact) mass is 507 g/mol. The van der Waals surface area contributed by atoms with Gasteiger partial charge in [-0.15, -0.1) is 0 Å². The Balaban J connectivity index is 1.35.